The molecule has 0 unspecified atom stereocenters. The van der Waals surface area contributed by atoms with Gasteiger partial charge >= 0.3 is 5.97 Å². The van der Waals surface area contributed by atoms with Gasteiger partial charge in [0, 0.05) is 5.41 Å². The Morgan fingerprint density at radius 3 is 2.56 bits per heavy atom. The summed E-state index contributed by atoms with van der Waals surface area (Å²) in [5, 5.41) is 8.87. The van der Waals surface area contributed by atoms with Gasteiger partial charge in [0.05, 0.1) is 6.42 Å². The second-order valence-electron chi connectivity index (χ2n) is 4.72. The lowest BCUT2D eigenvalue weighted by molar-refractivity contribution is -0.137. The number of hydrogen-bond donors (Lipinski definition) is 1. The van der Waals surface area contributed by atoms with E-state index in [1.807, 2.05) is 6.07 Å². The van der Waals surface area contributed by atoms with E-state index in [0.29, 0.717) is 11.1 Å². The number of carboxylic acid groups (broad SMARTS) is 1. The monoisotopic (exact) mass is 222 g/mol. The molecule has 3 heteroatoms. The molecule has 1 aliphatic carbocycles. The molecule has 1 aliphatic rings. The van der Waals surface area contributed by atoms with E-state index in [1.54, 1.807) is 19.9 Å². The van der Waals surface area contributed by atoms with Crippen molar-refractivity contribution in [2.45, 2.75) is 38.5 Å². The maximum atomic E-state index is 13.7. The first kappa shape index (κ1) is 11.1. The van der Waals surface area contributed by atoms with Crippen molar-refractivity contribution in [2.75, 3.05) is 0 Å². The zero-order chi connectivity index (χ0) is 11.9. The highest BCUT2D eigenvalue weighted by atomic mass is 19.1. The van der Waals surface area contributed by atoms with Crippen LogP contribution in [0.25, 0.3) is 0 Å². The summed E-state index contributed by atoms with van der Waals surface area (Å²) >= 11 is 0. The van der Waals surface area contributed by atoms with Crippen molar-refractivity contribution in [3.05, 3.63) is 34.6 Å². The van der Waals surface area contributed by atoms with E-state index in [9.17, 15) is 9.18 Å². The van der Waals surface area contributed by atoms with Gasteiger partial charge in [-0.25, -0.2) is 4.39 Å². The zero-order valence-electron chi connectivity index (χ0n) is 9.51. The molecule has 0 aliphatic heterocycles. The number of carbonyl (C=O) groups is 1. The molecule has 1 fully saturated rings. The molecule has 0 spiro atoms. The van der Waals surface area contributed by atoms with Crippen LogP contribution >= 0.6 is 0 Å². The number of hydrogen-bond acceptors (Lipinski definition) is 1. The van der Waals surface area contributed by atoms with E-state index >= 15 is 0 Å². The second kappa shape index (κ2) is 3.58. The van der Waals surface area contributed by atoms with E-state index in [-0.39, 0.29) is 17.7 Å². The van der Waals surface area contributed by atoms with Crippen LogP contribution in [0, 0.1) is 19.7 Å². The minimum atomic E-state index is -0.808. The largest absolute Gasteiger partial charge is 0.481 e. The summed E-state index contributed by atoms with van der Waals surface area (Å²) in [6.07, 6.45) is 1.81. The average Bonchev–Trinajstić information content (AvgIpc) is 2.94. The van der Waals surface area contributed by atoms with Crippen LogP contribution in [-0.4, -0.2) is 11.1 Å². The second-order valence-corrected chi connectivity index (χ2v) is 4.72. The molecule has 1 aromatic carbocycles. The van der Waals surface area contributed by atoms with Gasteiger partial charge in [-0.15, -0.1) is 0 Å². The lowest BCUT2D eigenvalue weighted by Gasteiger charge is -2.17. The molecule has 0 radical (unpaired) electrons. The average molecular weight is 222 g/mol. The van der Waals surface area contributed by atoms with Crippen molar-refractivity contribution in [2.24, 2.45) is 0 Å². The molecule has 2 nitrogen and oxygen atoms in total. The maximum absolute atomic E-state index is 13.7. The Bertz CT molecular complexity index is 447. The van der Waals surface area contributed by atoms with Gasteiger partial charge in [0.15, 0.2) is 0 Å². The number of aryl methyl sites for hydroxylation is 1. The van der Waals surface area contributed by atoms with Crippen molar-refractivity contribution in [1.29, 1.82) is 0 Å². The fourth-order valence-corrected chi connectivity index (χ4v) is 2.38. The Labute approximate surface area is 94.1 Å². The van der Waals surface area contributed by atoms with Gasteiger partial charge in [-0.05, 0) is 43.4 Å². The highest BCUT2D eigenvalue weighted by molar-refractivity contribution is 5.70. The summed E-state index contributed by atoms with van der Waals surface area (Å²) in [6, 6.07) is 3.61. The van der Waals surface area contributed by atoms with Crippen LogP contribution in [0.2, 0.25) is 0 Å². The van der Waals surface area contributed by atoms with Crippen molar-refractivity contribution in [3.63, 3.8) is 0 Å². The van der Waals surface area contributed by atoms with Gasteiger partial charge in [0.1, 0.15) is 5.82 Å². The number of rotatable bonds is 3. The van der Waals surface area contributed by atoms with Crippen LogP contribution in [-0.2, 0) is 10.2 Å². The molecule has 0 atom stereocenters. The Hall–Kier alpha value is -1.38. The van der Waals surface area contributed by atoms with Crippen molar-refractivity contribution < 1.29 is 14.3 Å². The minimum Gasteiger partial charge on any atom is -0.481 e. The number of aliphatic carboxylic acids is 1. The van der Waals surface area contributed by atoms with Crippen LogP contribution in [0.3, 0.4) is 0 Å². The third-order valence-electron chi connectivity index (χ3n) is 3.49. The topological polar surface area (TPSA) is 37.3 Å². The Morgan fingerprint density at radius 2 is 2.06 bits per heavy atom. The number of benzene rings is 1. The van der Waals surface area contributed by atoms with E-state index in [0.717, 1.165) is 18.4 Å². The lowest BCUT2D eigenvalue weighted by Crippen LogP contribution is -2.15. The number of halogens is 1. The molecule has 1 aromatic rings. The van der Waals surface area contributed by atoms with Crippen molar-refractivity contribution in [3.8, 4) is 0 Å². The fourth-order valence-electron chi connectivity index (χ4n) is 2.38. The van der Waals surface area contributed by atoms with E-state index < -0.39 is 5.97 Å². The quantitative estimate of drug-likeness (QED) is 0.853. The van der Waals surface area contributed by atoms with Crippen LogP contribution in [0.5, 0.6) is 0 Å². The molecular weight excluding hydrogens is 207 g/mol. The summed E-state index contributed by atoms with van der Waals surface area (Å²) in [6.45, 7) is 3.46. The molecule has 1 N–H and O–H groups in total. The highest BCUT2D eigenvalue weighted by Gasteiger charge is 2.47. The third-order valence-corrected chi connectivity index (χ3v) is 3.49. The molecule has 86 valence electrons. The molecular formula is C13H15FO2. The fraction of sp³-hybridized carbons (Fsp3) is 0.462. The summed E-state index contributed by atoms with van der Waals surface area (Å²) in [4.78, 5) is 10.8. The summed E-state index contributed by atoms with van der Waals surface area (Å²) < 4.78 is 13.7. The standard InChI is InChI=1S/C13H15FO2/c1-8-3-4-10(9(2)12(8)14)13(5-6-13)7-11(15)16/h3-4H,5-7H2,1-2H3,(H,15,16). The van der Waals surface area contributed by atoms with E-state index in [1.165, 1.54) is 0 Å². The van der Waals surface area contributed by atoms with Gasteiger partial charge < -0.3 is 5.11 Å². The van der Waals surface area contributed by atoms with Crippen LogP contribution in [0.15, 0.2) is 12.1 Å². The first-order chi connectivity index (χ1) is 7.46. The summed E-state index contributed by atoms with van der Waals surface area (Å²) in [5.74, 6) is -1.01. The smallest absolute Gasteiger partial charge is 0.304 e. The van der Waals surface area contributed by atoms with Crippen molar-refractivity contribution >= 4 is 5.97 Å². The molecule has 0 aromatic heterocycles. The van der Waals surface area contributed by atoms with E-state index in [2.05, 4.69) is 0 Å². The Balaban J connectivity index is 2.42. The Kier molecular flexibility index (Phi) is 2.49. The van der Waals surface area contributed by atoms with Gasteiger partial charge in [-0.3, -0.25) is 4.79 Å². The maximum Gasteiger partial charge on any atom is 0.304 e. The van der Waals surface area contributed by atoms with Gasteiger partial charge in [0.25, 0.3) is 0 Å². The van der Waals surface area contributed by atoms with Gasteiger partial charge in [-0.1, -0.05) is 12.1 Å². The lowest BCUT2D eigenvalue weighted by atomic mass is 9.88. The summed E-state index contributed by atoms with van der Waals surface area (Å²) in [7, 11) is 0. The SMILES string of the molecule is Cc1ccc(C2(CC(=O)O)CC2)c(C)c1F. The first-order valence-electron chi connectivity index (χ1n) is 5.44. The first-order valence-corrected chi connectivity index (χ1v) is 5.44. The van der Waals surface area contributed by atoms with Gasteiger partial charge in [0.2, 0.25) is 0 Å². The normalized spacial score (nSPS) is 17.2. The van der Waals surface area contributed by atoms with Crippen molar-refractivity contribution in [1.82, 2.24) is 0 Å². The molecule has 0 saturated heterocycles. The minimum absolute atomic E-state index is 0.107. The van der Waals surface area contributed by atoms with E-state index in [4.69, 9.17) is 5.11 Å². The molecule has 0 heterocycles. The van der Waals surface area contributed by atoms with Gasteiger partial charge in [-0.2, -0.15) is 0 Å². The summed E-state index contributed by atoms with van der Waals surface area (Å²) in [5.41, 5.74) is 1.80. The molecule has 2 rings (SSSR count). The molecule has 16 heavy (non-hydrogen) atoms. The van der Waals surface area contributed by atoms with Crippen LogP contribution in [0.4, 0.5) is 4.39 Å². The highest BCUT2D eigenvalue weighted by Crippen LogP contribution is 2.52. The molecule has 0 bridgehead atoms. The zero-order valence-corrected chi connectivity index (χ0v) is 9.51. The third kappa shape index (κ3) is 1.70. The predicted octanol–water partition coefficient (Wildman–Crippen LogP) is 2.95. The molecule has 1 saturated carbocycles. The number of carboxylic acids is 1. The predicted molar refractivity (Wildman–Crippen MR) is 59.0 cm³/mol. The molecule has 0 amide bonds. The van der Waals surface area contributed by atoms with Crippen LogP contribution in [0.1, 0.15) is 36.0 Å². The Morgan fingerprint density at radius 1 is 1.44 bits per heavy atom. The van der Waals surface area contributed by atoms with Crippen LogP contribution < -0.4 is 0 Å².